The average molecular weight is 243 g/mol. The fourth-order valence-electron chi connectivity index (χ4n) is 2.39. The molecule has 2 rings (SSSR count). The summed E-state index contributed by atoms with van der Waals surface area (Å²) in [5, 5.41) is 0. The molecular formula is C8H12ClFO3S. The van der Waals surface area contributed by atoms with Crippen LogP contribution in [0.2, 0.25) is 0 Å². The van der Waals surface area contributed by atoms with Crippen LogP contribution in [0.5, 0.6) is 0 Å². The van der Waals surface area contributed by atoms with Crippen LogP contribution in [-0.2, 0) is 13.8 Å². The molecule has 2 fully saturated rings. The summed E-state index contributed by atoms with van der Waals surface area (Å²) in [6, 6.07) is 0. The number of halogens is 2. The molecule has 3 nitrogen and oxygen atoms in total. The van der Waals surface area contributed by atoms with Crippen LogP contribution >= 0.6 is 10.7 Å². The molecule has 1 saturated carbocycles. The Morgan fingerprint density at radius 1 is 1.36 bits per heavy atom. The minimum atomic E-state index is -3.84. The molecule has 0 radical (unpaired) electrons. The molecule has 6 heteroatoms. The van der Waals surface area contributed by atoms with Gasteiger partial charge in [-0.1, -0.05) is 6.42 Å². The molecule has 0 aromatic carbocycles. The quantitative estimate of drug-likeness (QED) is 0.694. The first kappa shape index (κ1) is 10.6. The van der Waals surface area contributed by atoms with E-state index in [1.54, 1.807) is 0 Å². The van der Waals surface area contributed by atoms with Crippen LogP contribution in [0.4, 0.5) is 4.39 Å². The van der Waals surface area contributed by atoms with Crippen LogP contribution in [0, 0.1) is 5.41 Å². The zero-order chi connectivity index (χ0) is 10.4. The Kier molecular flexibility index (Phi) is 2.33. The Bertz CT molecular complexity index is 338. The van der Waals surface area contributed by atoms with Gasteiger partial charge in [0, 0.05) is 16.1 Å². The highest BCUT2D eigenvalue weighted by molar-refractivity contribution is 8.13. The summed E-state index contributed by atoms with van der Waals surface area (Å²) in [5.74, 6) is -2.77. The summed E-state index contributed by atoms with van der Waals surface area (Å²) in [4.78, 5) is 0. The van der Waals surface area contributed by atoms with Crippen LogP contribution in [0.1, 0.15) is 25.7 Å². The second kappa shape index (κ2) is 3.06. The molecular weight excluding hydrogens is 231 g/mol. The van der Waals surface area contributed by atoms with E-state index < -0.39 is 26.1 Å². The second-order valence-electron chi connectivity index (χ2n) is 4.14. The van der Waals surface area contributed by atoms with E-state index in [0.717, 1.165) is 6.42 Å². The van der Waals surface area contributed by atoms with Gasteiger partial charge in [0.1, 0.15) is 5.75 Å². The molecule has 2 aliphatic rings. The zero-order valence-corrected chi connectivity index (χ0v) is 9.20. The van der Waals surface area contributed by atoms with Crippen LogP contribution in [0.3, 0.4) is 0 Å². The SMILES string of the molecule is O=S(=O)(Cl)CC1(F)OCCC12CCC2. The van der Waals surface area contributed by atoms with E-state index in [2.05, 4.69) is 0 Å². The summed E-state index contributed by atoms with van der Waals surface area (Å²) < 4.78 is 40.9. The van der Waals surface area contributed by atoms with Gasteiger partial charge in [-0.05, 0) is 19.3 Å². The van der Waals surface area contributed by atoms with E-state index in [-0.39, 0.29) is 0 Å². The molecule has 0 N–H and O–H groups in total. The van der Waals surface area contributed by atoms with Crippen LogP contribution in [-0.4, -0.2) is 26.6 Å². The van der Waals surface area contributed by atoms with Gasteiger partial charge in [0.15, 0.2) is 0 Å². The summed E-state index contributed by atoms with van der Waals surface area (Å²) in [7, 11) is 1.22. The van der Waals surface area contributed by atoms with Gasteiger partial charge in [0.25, 0.3) is 0 Å². The van der Waals surface area contributed by atoms with Gasteiger partial charge in [-0.15, -0.1) is 0 Å². The molecule has 1 aliphatic carbocycles. The average Bonchev–Trinajstić information content (AvgIpc) is 2.20. The lowest BCUT2D eigenvalue weighted by molar-refractivity contribution is -0.175. The Morgan fingerprint density at radius 2 is 2.00 bits per heavy atom. The molecule has 1 saturated heterocycles. The number of ether oxygens (including phenoxy) is 1. The number of hydrogen-bond acceptors (Lipinski definition) is 3. The van der Waals surface area contributed by atoms with Gasteiger partial charge in [-0.2, -0.15) is 0 Å². The van der Waals surface area contributed by atoms with E-state index in [9.17, 15) is 12.8 Å². The Morgan fingerprint density at radius 3 is 2.43 bits per heavy atom. The van der Waals surface area contributed by atoms with Gasteiger partial charge >= 0.3 is 0 Å². The molecule has 82 valence electrons. The molecule has 14 heavy (non-hydrogen) atoms. The number of hydrogen-bond donors (Lipinski definition) is 0. The van der Waals surface area contributed by atoms with E-state index in [4.69, 9.17) is 15.4 Å². The largest absolute Gasteiger partial charge is 0.345 e. The zero-order valence-electron chi connectivity index (χ0n) is 7.63. The molecule has 0 amide bonds. The standard InChI is InChI=1S/C8H12ClFO3S/c9-14(11,12)6-8(10)7(2-1-3-7)4-5-13-8/h1-6H2. The third kappa shape index (κ3) is 1.55. The van der Waals surface area contributed by atoms with Crippen LogP contribution < -0.4 is 0 Å². The van der Waals surface area contributed by atoms with Crippen molar-refractivity contribution in [2.75, 3.05) is 12.4 Å². The smallest absolute Gasteiger partial charge is 0.238 e. The molecule has 0 bridgehead atoms. The molecule has 1 atom stereocenters. The van der Waals surface area contributed by atoms with Crippen molar-refractivity contribution in [3.63, 3.8) is 0 Å². The van der Waals surface area contributed by atoms with Crippen molar-refractivity contribution in [3.8, 4) is 0 Å². The molecule has 0 aromatic heterocycles. The van der Waals surface area contributed by atoms with Crippen LogP contribution in [0.15, 0.2) is 0 Å². The minimum Gasteiger partial charge on any atom is -0.345 e. The van der Waals surface area contributed by atoms with Gasteiger partial charge in [-0.3, -0.25) is 0 Å². The summed E-state index contributed by atoms with van der Waals surface area (Å²) in [6.07, 6.45) is 2.96. The fourth-order valence-corrected chi connectivity index (χ4v) is 3.65. The lowest BCUT2D eigenvalue weighted by atomic mass is 9.64. The van der Waals surface area contributed by atoms with Crippen molar-refractivity contribution in [2.45, 2.75) is 31.5 Å². The maximum atomic E-state index is 14.2. The molecule has 0 aromatic rings. The van der Waals surface area contributed by atoms with E-state index in [1.165, 1.54) is 0 Å². The van der Waals surface area contributed by atoms with E-state index in [1.807, 2.05) is 0 Å². The molecule has 1 spiro atoms. The fraction of sp³-hybridized carbons (Fsp3) is 1.00. The minimum absolute atomic E-state index is 0.295. The molecule has 1 aliphatic heterocycles. The van der Waals surface area contributed by atoms with Gasteiger partial charge in [0.05, 0.1) is 6.61 Å². The van der Waals surface area contributed by atoms with E-state index in [0.29, 0.717) is 25.9 Å². The van der Waals surface area contributed by atoms with Crippen molar-refractivity contribution in [1.29, 1.82) is 0 Å². The first-order valence-electron chi connectivity index (χ1n) is 4.62. The van der Waals surface area contributed by atoms with Gasteiger partial charge in [0.2, 0.25) is 14.9 Å². The van der Waals surface area contributed by atoms with Crippen molar-refractivity contribution in [2.24, 2.45) is 5.41 Å². The third-order valence-electron chi connectivity index (χ3n) is 3.37. The summed E-state index contributed by atoms with van der Waals surface area (Å²) in [6.45, 7) is 0.295. The summed E-state index contributed by atoms with van der Waals surface area (Å²) in [5.41, 5.74) is -0.574. The number of rotatable bonds is 2. The second-order valence-corrected chi connectivity index (χ2v) is 6.92. The highest BCUT2D eigenvalue weighted by Gasteiger charge is 2.61. The first-order chi connectivity index (χ1) is 6.37. The molecule has 1 unspecified atom stereocenters. The first-order valence-corrected chi connectivity index (χ1v) is 7.10. The Hall–Kier alpha value is 0.130. The maximum absolute atomic E-state index is 14.2. The monoisotopic (exact) mass is 242 g/mol. The van der Waals surface area contributed by atoms with Gasteiger partial charge in [-0.25, -0.2) is 12.8 Å². The van der Waals surface area contributed by atoms with Crippen molar-refractivity contribution in [1.82, 2.24) is 0 Å². The lowest BCUT2D eigenvalue weighted by Gasteiger charge is -2.45. The van der Waals surface area contributed by atoms with Crippen molar-refractivity contribution >= 4 is 19.7 Å². The Balaban J connectivity index is 2.22. The van der Waals surface area contributed by atoms with Gasteiger partial charge < -0.3 is 4.74 Å². The highest BCUT2D eigenvalue weighted by Crippen LogP contribution is 2.58. The van der Waals surface area contributed by atoms with Crippen molar-refractivity contribution in [3.05, 3.63) is 0 Å². The molecule has 1 heterocycles. The highest BCUT2D eigenvalue weighted by atomic mass is 35.7. The summed E-state index contributed by atoms with van der Waals surface area (Å²) >= 11 is 0. The normalized spacial score (nSPS) is 35.9. The topological polar surface area (TPSA) is 43.4 Å². The van der Waals surface area contributed by atoms with Crippen LogP contribution in [0.25, 0.3) is 0 Å². The Labute approximate surface area is 87.0 Å². The number of alkyl halides is 1. The predicted molar refractivity (Wildman–Crippen MR) is 50.3 cm³/mol. The van der Waals surface area contributed by atoms with Crippen molar-refractivity contribution < 1.29 is 17.5 Å². The van der Waals surface area contributed by atoms with E-state index >= 15 is 0 Å². The third-order valence-corrected chi connectivity index (χ3v) is 4.42. The lowest BCUT2D eigenvalue weighted by Crippen LogP contribution is -2.49. The maximum Gasteiger partial charge on any atom is 0.238 e. The predicted octanol–water partition coefficient (Wildman–Crippen LogP) is 1.81.